The molecule has 2 atom stereocenters. The molecule has 1 aromatic heterocycles. The van der Waals surface area contributed by atoms with Crippen LogP contribution in [0, 0.1) is 5.92 Å². The molecular weight excluding hydrogens is 228 g/mol. The number of aromatic nitrogens is 2. The Kier molecular flexibility index (Phi) is 4.51. The van der Waals surface area contributed by atoms with E-state index in [1.165, 1.54) is 0 Å². The van der Waals surface area contributed by atoms with Crippen LogP contribution in [-0.2, 0) is 10.2 Å². The molecule has 0 spiro atoms. The van der Waals surface area contributed by atoms with Crippen LogP contribution < -0.4 is 11.1 Å². The summed E-state index contributed by atoms with van der Waals surface area (Å²) in [5.41, 5.74) is 6.82. The van der Waals surface area contributed by atoms with Gasteiger partial charge in [-0.25, -0.2) is 0 Å². The summed E-state index contributed by atoms with van der Waals surface area (Å²) in [5.74, 6) is 0.506. The van der Waals surface area contributed by atoms with E-state index < -0.39 is 6.04 Å². The average Bonchev–Trinajstić information content (AvgIpc) is 2.75. The van der Waals surface area contributed by atoms with Gasteiger partial charge in [-0.2, -0.15) is 5.10 Å². The summed E-state index contributed by atoms with van der Waals surface area (Å²) in [4.78, 5) is 11.9. The van der Waals surface area contributed by atoms with Crippen LogP contribution in [0.4, 0.5) is 5.82 Å². The van der Waals surface area contributed by atoms with Gasteiger partial charge in [-0.15, -0.1) is 0 Å². The van der Waals surface area contributed by atoms with Crippen LogP contribution >= 0.6 is 0 Å². The molecule has 5 nitrogen and oxygen atoms in total. The molecule has 18 heavy (non-hydrogen) atoms. The summed E-state index contributed by atoms with van der Waals surface area (Å²) in [7, 11) is 0. The summed E-state index contributed by atoms with van der Waals surface area (Å²) >= 11 is 0. The average molecular weight is 252 g/mol. The third-order valence-electron chi connectivity index (χ3n) is 3.20. The highest BCUT2D eigenvalue weighted by Gasteiger charge is 2.21. The van der Waals surface area contributed by atoms with Gasteiger partial charge < -0.3 is 11.1 Å². The maximum Gasteiger partial charge on any atom is 0.242 e. The number of hydrogen-bond acceptors (Lipinski definition) is 3. The van der Waals surface area contributed by atoms with E-state index in [4.69, 9.17) is 5.73 Å². The minimum absolute atomic E-state index is 0.0190. The largest absolute Gasteiger partial charge is 0.320 e. The van der Waals surface area contributed by atoms with Crippen LogP contribution in [0.2, 0.25) is 0 Å². The zero-order valence-corrected chi connectivity index (χ0v) is 11.9. The molecule has 0 aromatic carbocycles. The van der Waals surface area contributed by atoms with Crippen molar-refractivity contribution in [2.75, 3.05) is 5.32 Å². The quantitative estimate of drug-likeness (QED) is 0.766. The highest BCUT2D eigenvalue weighted by molar-refractivity contribution is 5.94. The van der Waals surface area contributed by atoms with Gasteiger partial charge in [0.05, 0.1) is 6.04 Å². The first kappa shape index (κ1) is 14.7. The molecule has 0 fully saturated rings. The first-order valence-electron chi connectivity index (χ1n) is 6.38. The van der Waals surface area contributed by atoms with Gasteiger partial charge in [0.25, 0.3) is 0 Å². The van der Waals surface area contributed by atoms with Gasteiger partial charge in [0.1, 0.15) is 0 Å². The molecule has 1 heterocycles. The van der Waals surface area contributed by atoms with E-state index in [1.807, 2.05) is 19.9 Å². The number of nitrogens with one attached hydrogen (secondary N) is 2. The highest BCUT2D eigenvalue weighted by Crippen LogP contribution is 2.22. The number of nitrogens with two attached hydrogens (primary N) is 1. The molecule has 1 rings (SSSR count). The van der Waals surface area contributed by atoms with E-state index in [0.29, 0.717) is 5.82 Å². The monoisotopic (exact) mass is 252 g/mol. The molecule has 0 saturated heterocycles. The van der Waals surface area contributed by atoms with Crippen LogP contribution in [0.15, 0.2) is 6.07 Å². The second-order valence-corrected chi connectivity index (χ2v) is 5.82. The van der Waals surface area contributed by atoms with Crippen LogP contribution in [0.3, 0.4) is 0 Å². The first-order chi connectivity index (χ1) is 8.25. The van der Waals surface area contributed by atoms with Gasteiger partial charge in [0, 0.05) is 17.2 Å². The lowest BCUT2D eigenvalue weighted by atomic mass is 9.92. The highest BCUT2D eigenvalue weighted by atomic mass is 16.2. The van der Waals surface area contributed by atoms with Gasteiger partial charge >= 0.3 is 0 Å². The number of anilines is 1. The van der Waals surface area contributed by atoms with Crippen LogP contribution in [-0.4, -0.2) is 22.1 Å². The fourth-order valence-electron chi connectivity index (χ4n) is 1.49. The van der Waals surface area contributed by atoms with Crippen LogP contribution in [0.1, 0.15) is 46.7 Å². The molecule has 2 unspecified atom stereocenters. The lowest BCUT2D eigenvalue weighted by Gasteiger charge is -2.17. The molecular formula is C13H24N4O. The normalized spacial score (nSPS) is 15.2. The number of rotatable bonds is 4. The van der Waals surface area contributed by atoms with Crippen molar-refractivity contribution >= 4 is 11.7 Å². The Labute approximate surface area is 109 Å². The number of carbonyl (C=O) groups is 1. The van der Waals surface area contributed by atoms with Crippen molar-refractivity contribution in [2.45, 2.75) is 52.5 Å². The molecule has 0 radical (unpaired) electrons. The van der Waals surface area contributed by atoms with E-state index in [-0.39, 0.29) is 17.2 Å². The zero-order valence-electron chi connectivity index (χ0n) is 11.9. The predicted octanol–water partition coefficient (Wildman–Crippen LogP) is 2.02. The standard InChI is InChI=1S/C13H24N4O/c1-6-8(2)11(14)12(18)15-10-7-9(16-17-10)13(3,4)5/h7-8,11H,6,14H2,1-5H3,(H2,15,16,17,18). The van der Waals surface area contributed by atoms with Gasteiger partial charge in [0.15, 0.2) is 5.82 Å². The summed E-state index contributed by atoms with van der Waals surface area (Å²) in [5, 5.41) is 9.75. The van der Waals surface area contributed by atoms with Gasteiger partial charge in [0.2, 0.25) is 5.91 Å². The number of H-pyrrole nitrogens is 1. The van der Waals surface area contributed by atoms with E-state index in [2.05, 4.69) is 36.3 Å². The molecule has 0 saturated carbocycles. The predicted molar refractivity (Wildman–Crippen MR) is 73.3 cm³/mol. The lowest BCUT2D eigenvalue weighted by Crippen LogP contribution is -2.40. The summed E-state index contributed by atoms with van der Waals surface area (Å²) in [6.07, 6.45) is 0.877. The van der Waals surface area contributed by atoms with Crippen molar-refractivity contribution in [3.8, 4) is 0 Å². The molecule has 0 aliphatic heterocycles. The Morgan fingerprint density at radius 3 is 2.61 bits per heavy atom. The first-order valence-corrected chi connectivity index (χ1v) is 6.38. The van der Waals surface area contributed by atoms with Crippen molar-refractivity contribution in [3.05, 3.63) is 11.8 Å². The van der Waals surface area contributed by atoms with Crippen molar-refractivity contribution in [1.29, 1.82) is 0 Å². The van der Waals surface area contributed by atoms with E-state index in [9.17, 15) is 4.79 Å². The van der Waals surface area contributed by atoms with E-state index in [0.717, 1.165) is 12.1 Å². The summed E-state index contributed by atoms with van der Waals surface area (Å²) < 4.78 is 0. The molecule has 0 bridgehead atoms. The van der Waals surface area contributed by atoms with Gasteiger partial charge in [-0.05, 0) is 5.92 Å². The zero-order chi connectivity index (χ0) is 13.9. The Hall–Kier alpha value is -1.36. The SMILES string of the molecule is CCC(C)C(N)C(=O)Nc1cc(C(C)(C)C)[nH]n1. The fraction of sp³-hybridized carbons (Fsp3) is 0.692. The smallest absolute Gasteiger partial charge is 0.242 e. The second kappa shape index (κ2) is 5.52. The number of carbonyl (C=O) groups excluding carboxylic acids is 1. The number of amides is 1. The number of aromatic amines is 1. The maximum absolute atomic E-state index is 11.9. The lowest BCUT2D eigenvalue weighted by molar-refractivity contribution is -0.118. The van der Waals surface area contributed by atoms with E-state index in [1.54, 1.807) is 0 Å². The molecule has 0 aliphatic rings. The minimum atomic E-state index is -0.496. The minimum Gasteiger partial charge on any atom is -0.320 e. The number of hydrogen-bond donors (Lipinski definition) is 3. The summed E-state index contributed by atoms with van der Waals surface area (Å²) in [6.45, 7) is 10.2. The Morgan fingerprint density at radius 2 is 2.17 bits per heavy atom. The molecule has 102 valence electrons. The van der Waals surface area contributed by atoms with Crippen molar-refractivity contribution in [3.63, 3.8) is 0 Å². The van der Waals surface area contributed by atoms with Gasteiger partial charge in [-0.3, -0.25) is 9.89 Å². The van der Waals surface area contributed by atoms with Crippen molar-refractivity contribution < 1.29 is 4.79 Å². The molecule has 1 amide bonds. The molecule has 0 aliphatic carbocycles. The Balaban J connectivity index is 2.68. The topological polar surface area (TPSA) is 83.8 Å². The second-order valence-electron chi connectivity index (χ2n) is 5.82. The third-order valence-corrected chi connectivity index (χ3v) is 3.20. The van der Waals surface area contributed by atoms with Crippen molar-refractivity contribution in [1.82, 2.24) is 10.2 Å². The van der Waals surface area contributed by atoms with Crippen molar-refractivity contribution in [2.24, 2.45) is 11.7 Å². The Bertz CT molecular complexity index is 405. The van der Waals surface area contributed by atoms with Crippen LogP contribution in [0.25, 0.3) is 0 Å². The maximum atomic E-state index is 11.9. The third kappa shape index (κ3) is 3.57. The summed E-state index contributed by atoms with van der Waals surface area (Å²) in [6, 6.07) is 1.35. The molecule has 4 N–H and O–H groups in total. The number of nitrogens with zero attached hydrogens (tertiary/aromatic N) is 1. The van der Waals surface area contributed by atoms with Gasteiger partial charge in [-0.1, -0.05) is 41.0 Å². The van der Waals surface area contributed by atoms with Crippen LogP contribution in [0.5, 0.6) is 0 Å². The molecule has 1 aromatic rings. The Morgan fingerprint density at radius 1 is 1.56 bits per heavy atom. The fourth-order valence-corrected chi connectivity index (χ4v) is 1.49. The molecule has 5 heteroatoms. The van der Waals surface area contributed by atoms with E-state index >= 15 is 0 Å².